The summed E-state index contributed by atoms with van der Waals surface area (Å²) in [7, 11) is 0. The van der Waals surface area contributed by atoms with E-state index < -0.39 is 0 Å². The fraction of sp³-hybridized carbons (Fsp3) is 0.857. The Hall–Kier alpha value is -0.940. The van der Waals surface area contributed by atoms with E-state index in [0.29, 0.717) is 18.5 Å². The Morgan fingerprint density at radius 2 is 2.11 bits per heavy atom. The summed E-state index contributed by atoms with van der Waals surface area (Å²) >= 11 is 0. The lowest BCUT2D eigenvalue weighted by atomic mass is 9.92. The van der Waals surface area contributed by atoms with Crippen LogP contribution in [0.1, 0.15) is 51.7 Å². The summed E-state index contributed by atoms with van der Waals surface area (Å²) in [5, 5.41) is 7.58. The van der Waals surface area contributed by atoms with Crippen molar-refractivity contribution in [3.8, 4) is 0 Å². The smallest absolute Gasteiger partial charge is 0.233 e. The molecule has 0 bridgehead atoms. The van der Waals surface area contributed by atoms with Crippen LogP contribution < -0.4 is 5.32 Å². The van der Waals surface area contributed by atoms with Crippen LogP contribution in [0.2, 0.25) is 0 Å². The lowest BCUT2D eigenvalue weighted by Gasteiger charge is -2.15. The first kappa shape index (κ1) is 14.5. The summed E-state index contributed by atoms with van der Waals surface area (Å²) in [6, 6.07) is 0.294. The van der Waals surface area contributed by atoms with Crippen LogP contribution >= 0.6 is 0 Å². The summed E-state index contributed by atoms with van der Waals surface area (Å²) in [6.07, 6.45) is 1.94. The second-order valence-corrected chi connectivity index (χ2v) is 6.49. The van der Waals surface area contributed by atoms with Gasteiger partial charge in [-0.25, -0.2) is 0 Å². The second kappa shape index (κ2) is 6.01. The maximum absolute atomic E-state index is 5.54. The molecule has 1 saturated heterocycles. The molecule has 108 valence electrons. The number of ether oxygens (including phenoxy) is 1. The van der Waals surface area contributed by atoms with Crippen molar-refractivity contribution in [1.29, 1.82) is 0 Å². The van der Waals surface area contributed by atoms with Crippen molar-refractivity contribution in [2.24, 2.45) is 5.41 Å². The molecule has 2 atom stereocenters. The molecule has 1 aliphatic heterocycles. The first-order chi connectivity index (χ1) is 8.99. The highest BCUT2D eigenvalue weighted by Crippen LogP contribution is 2.26. The third-order valence-electron chi connectivity index (χ3n) is 3.23. The van der Waals surface area contributed by atoms with Gasteiger partial charge in [-0.05, 0) is 18.4 Å². The average molecular weight is 267 g/mol. The molecule has 0 aliphatic carbocycles. The van der Waals surface area contributed by atoms with Gasteiger partial charge in [-0.3, -0.25) is 0 Å². The van der Waals surface area contributed by atoms with Crippen molar-refractivity contribution in [3.05, 3.63) is 11.7 Å². The van der Waals surface area contributed by atoms with E-state index in [0.717, 1.165) is 31.8 Å². The highest BCUT2D eigenvalue weighted by molar-refractivity contribution is 5.03. The van der Waals surface area contributed by atoms with Crippen LogP contribution in [0.4, 0.5) is 0 Å². The third-order valence-corrected chi connectivity index (χ3v) is 3.23. The molecule has 0 spiro atoms. The zero-order chi connectivity index (χ0) is 13.9. The van der Waals surface area contributed by atoms with Crippen molar-refractivity contribution in [1.82, 2.24) is 15.5 Å². The van der Waals surface area contributed by atoms with Crippen molar-refractivity contribution < 1.29 is 9.26 Å². The van der Waals surface area contributed by atoms with Gasteiger partial charge in [0, 0.05) is 12.5 Å². The molecule has 2 rings (SSSR count). The zero-order valence-corrected chi connectivity index (χ0v) is 12.4. The molecule has 19 heavy (non-hydrogen) atoms. The molecule has 2 heterocycles. The summed E-state index contributed by atoms with van der Waals surface area (Å²) in [5.74, 6) is 1.70. The van der Waals surface area contributed by atoms with E-state index >= 15 is 0 Å². The van der Waals surface area contributed by atoms with Crippen LogP contribution in [0.15, 0.2) is 4.52 Å². The van der Waals surface area contributed by atoms with Crippen LogP contribution in [-0.4, -0.2) is 35.9 Å². The molecular formula is C14H25N3O2. The highest BCUT2D eigenvalue weighted by Gasteiger charge is 2.33. The molecule has 0 radical (unpaired) electrons. The molecule has 5 nitrogen and oxygen atoms in total. The van der Waals surface area contributed by atoms with Gasteiger partial charge in [-0.15, -0.1) is 0 Å². The molecule has 1 aromatic rings. The molecule has 1 aliphatic rings. The number of nitrogens with one attached hydrogen (secondary N) is 1. The molecule has 0 aromatic carbocycles. The highest BCUT2D eigenvalue weighted by atomic mass is 16.5. The fourth-order valence-electron chi connectivity index (χ4n) is 2.29. The normalized spacial score (nSPS) is 24.0. The van der Waals surface area contributed by atoms with Crippen molar-refractivity contribution in [2.75, 3.05) is 19.8 Å². The van der Waals surface area contributed by atoms with E-state index in [1.165, 1.54) is 0 Å². The van der Waals surface area contributed by atoms with E-state index in [-0.39, 0.29) is 11.3 Å². The van der Waals surface area contributed by atoms with E-state index in [9.17, 15) is 0 Å². The van der Waals surface area contributed by atoms with Crippen LogP contribution in [0, 0.1) is 5.41 Å². The van der Waals surface area contributed by atoms with Gasteiger partial charge in [0.05, 0.1) is 19.1 Å². The molecule has 1 aromatic heterocycles. The Morgan fingerprint density at radius 3 is 2.79 bits per heavy atom. The average Bonchev–Trinajstić information content (AvgIpc) is 2.92. The van der Waals surface area contributed by atoms with Gasteiger partial charge in [-0.1, -0.05) is 32.9 Å². The van der Waals surface area contributed by atoms with E-state index in [4.69, 9.17) is 9.26 Å². The van der Waals surface area contributed by atoms with Gasteiger partial charge in [0.2, 0.25) is 5.89 Å². The number of hydrogen-bond donors (Lipinski definition) is 1. The quantitative estimate of drug-likeness (QED) is 0.885. The number of hydrogen-bond acceptors (Lipinski definition) is 5. The second-order valence-electron chi connectivity index (χ2n) is 6.49. The molecule has 5 heteroatoms. The summed E-state index contributed by atoms with van der Waals surface area (Å²) in [4.78, 5) is 4.54. The van der Waals surface area contributed by atoms with Crippen LogP contribution in [0.3, 0.4) is 0 Å². The Labute approximate surface area is 115 Å². The molecule has 1 N–H and O–H groups in total. The van der Waals surface area contributed by atoms with Gasteiger partial charge >= 0.3 is 0 Å². The van der Waals surface area contributed by atoms with Crippen molar-refractivity contribution in [2.45, 2.75) is 52.5 Å². The minimum absolute atomic E-state index is 0.174. The molecular weight excluding hydrogens is 242 g/mol. The minimum Gasteiger partial charge on any atom is -0.379 e. The summed E-state index contributed by atoms with van der Waals surface area (Å²) in [5.41, 5.74) is 0.174. The van der Waals surface area contributed by atoms with Gasteiger partial charge < -0.3 is 14.6 Å². The van der Waals surface area contributed by atoms with Gasteiger partial charge in [0.25, 0.3) is 0 Å². The number of aromatic nitrogens is 2. The molecule has 0 amide bonds. The minimum atomic E-state index is 0.174. The molecule has 0 saturated carbocycles. The van der Waals surface area contributed by atoms with Crippen LogP contribution in [-0.2, 0) is 11.2 Å². The Morgan fingerprint density at radius 1 is 1.32 bits per heavy atom. The first-order valence-electron chi connectivity index (χ1n) is 7.13. The van der Waals surface area contributed by atoms with Crippen LogP contribution in [0.5, 0.6) is 0 Å². The van der Waals surface area contributed by atoms with Gasteiger partial charge in [-0.2, -0.15) is 4.98 Å². The lowest BCUT2D eigenvalue weighted by molar-refractivity contribution is 0.184. The first-order valence-corrected chi connectivity index (χ1v) is 7.13. The molecule has 1 fully saturated rings. The summed E-state index contributed by atoms with van der Waals surface area (Å²) < 4.78 is 11.0. The predicted molar refractivity (Wildman–Crippen MR) is 73.1 cm³/mol. The summed E-state index contributed by atoms with van der Waals surface area (Å²) in [6.45, 7) is 11.1. The zero-order valence-electron chi connectivity index (χ0n) is 12.4. The monoisotopic (exact) mass is 267 g/mol. The molecule has 2 unspecified atom stereocenters. The Kier molecular flexibility index (Phi) is 4.58. The SMILES string of the molecule is CCCNC1COCC1c1nc(CC(C)(C)C)no1. The topological polar surface area (TPSA) is 60.2 Å². The largest absolute Gasteiger partial charge is 0.379 e. The number of nitrogens with zero attached hydrogens (tertiary/aromatic N) is 2. The van der Waals surface area contributed by atoms with E-state index in [1.54, 1.807) is 0 Å². The Balaban J connectivity index is 2.01. The van der Waals surface area contributed by atoms with E-state index in [1.807, 2.05) is 0 Å². The van der Waals surface area contributed by atoms with Crippen LogP contribution in [0.25, 0.3) is 0 Å². The van der Waals surface area contributed by atoms with Gasteiger partial charge in [0.1, 0.15) is 0 Å². The number of rotatable bonds is 5. The maximum atomic E-state index is 5.54. The fourth-order valence-corrected chi connectivity index (χ4v) is 2.29. The maximum Gasteiger partial charge on any atom is 0.233 e. The van der Waals surface area contributed by atoms with Crippen molar-refractivity contribution >= 4 is 0 Å². The Bertz CT molecular complexity index is 398. The van der Waals surface area contributed by atoms with Crippen molar-refractivity contribution in [3.63, 3.8) is 0 Å². The third kappa shape index (κ3) is 4.01. The van der Waals surface area contributed by atoms with E-state index in [2.05, 4.69) is 43.2 Å². The standard InChI is InChI=1S/C14H25N3O2/c1-5-6-15-11-9-18-8-10(11)13-16-12(17-19-13)7-14(2,3)4/h10-11,15H,5-9H2,1-4H3. The lowest BCUT2D eigenvalue weighted by Crippen LogP contribution is -2.35. The predicted octanol–water partition coefficient (Wildman–Crippen LogP) is 2.14. The van der Waals surface area contributed by atoms with Gasteiger partial charge in [0.15, 0.2) is 5.82 Å².